The van der Waals surface area contributed by atoms with Gasteiger partial charge in [-0.1, -0.05) is 265 Å². The van der Waals surface area contributed by atoms with E-state index in [2.05, 4.69) is 72.8 Å². The normalized spacial score (nSPS) is 15.0. The number of aliphatic hydroxyl groups excluding tert-OH is 1. The first-order valence-electron chi connectivity index (χ1n) is 35.2. The third kappa shape index (κ3) is 59.8. The van der Waals surface area contributed by atoms with Gasteiger partial charge in [0.2, 0.25) is 0 Å². The zero-order valence-electron chi connectivity index (χ0n) is 56.7. The Hall–Kier alpha value is -2.46. The van der Waals surface area contributed by atoms with Crippen LogP contribution in [0.4, 0.5) is 0 Å². The Labute approximate surface area is 535 Å². The molecule has 0 aliphatic rings. The van der Waals surface area contributed by atoms with E-state index in [4.69, 9.17) is 37.0 Å². The van der Waals surface area contributed by atoms with Crippen LogP contribution in [0.1, 0.15) is 318 Å². The second-order valence-corrected chi connectivity index (χ2v) is 28.1. The lowest BCUT2D eigenvalue weighted by Crippen LogP contribution is -2.30. The van der Waals surface area contributed by atoms with Crippen LogP contribution in [0.15, 0.2) is 24.3 Å². The number of unbranched alkanes of at least 4 members (excludes halogenated alkanes) is 28. The Morgan fingerprint density at radius 1 is 0.375 bits per heavy atom. The lowest BCUT2D eigenvalue weighted by Gasteiger charge is -2.21. The summed E-state index contributed by atoms with van der Waals surface area (Å²) in [6, 6.07) is 0. The van der Waals surface area contributed by atoms with Crippen molar-refractivity contribution in [3.05, 3.63) is 24.3 Å². The van der Waals surface area contributed by atoms with Crippen LogP contribution in [0.5, 0.6) is 0 Å². The van der Waals surface area contributed by atoms with Crippen LogP contribution < -0.4 is 0 Å². The molecule has 0 radical (unpaired) electrons. The minimum Gasteiger partial charge on any atom is -0.462 e. The van der Waals surface area contributed by atoms with E-state index in [0.29, 0.717) is 25.7 Å². The molecule has 88 heavy (non-hydrogen) atoms. The molecule has 0 aromatic rings. The van der Waals surface area contributed by atoms with E-state index in [0.717, 1.165) is 133 Å². The summed E-state index contributed by atoms with van der Waals surface area (Å²) in [6.45, 7) is 11.7. The number of carbonyl (C=O) groups excluding carboxylic acids is 4. The van der Waals surface area contributed by atoms with Crippen molar-refractivity contribution in [3.63, 3.8) is 0 Å². The van der Waals surface area contributed by atoms with Crippen molar-refractivity contribution in [2.24, 2.45) is 17.8 Å². The molecule has 0 fully saturated rings. The number of phosphoric acid groups is 2. The number of carbonyl (C=O) groups is 4. The molecule has 518 valence electrons. The Morgan fingerprint density at radius 2 is 0.670 bits per heavy atom. The number of phosphoric ester groups is 2. The van der Waals surface area contributed by atoms with E-state index in [1.165, 1.54) is 103 Å². The van der Waals surface area contributed by atoms with E-state index in [9.17, 15) is 43.2 Å². The van der Waals surface area contributed by atoms with Gasteiger partial charge in [0.1, 0.15) is 19.3 Å². The quantitative estimate of drug-likeness (QED) is 0.0169. The molecule has 0 rings (SSSR count). The summed E-state index contributed by atoms with van der Waals surface area (Å²) in [5.74, 6) is 0.0456. The maximum atomic E-state index is 13.0. The van der Waals surface area contributed by atoms with Crippen LogP contribution in [-0.4, -0.2) is 96.7 Å². The van der Waals surface area contributed by atoms with Gasteiger partial charge in [-0.2, -0.15) is 0 Å². The smallest absolute Gasteiger partial charge is 0.462 e. The number of hydrogen-bond acceptors (Lipinski definition) is 15. The minimum absolute atomic E-state index is 0.0835. The number of aliphatic hydroxyl groups is 1. The highest BCUT2D eigenvalue weighted by molar-refractivity contribution is 7.47. The van der Waals surface area contributed by atoms with Crippen LogP contribution in [-0.2, 0) is 65.4 Å². The molecule has 0 aromatic carbocycles. The van der Waals surface area contributed by atoms with E-state index in [1.807, 2.05) is 0 Å². The molecule has 0 saturated carbocycles. The largest absolute Gasteiger partial charge is 0.472 e. The molecular weight excluding hydrogens is 1160 g/mol. The second kappa shape index (κ2) is 59.5. The van der Waals surface area contributed by atoms with Gasteiger partial charge in [-0.25, -0.2) is 9.13 Å². The molecule has 19 heteroatoms. The highest BCUT2D eigenvalue weighted by atomic mass is 31.2. The monoisotopic (exact) mass is 1290 g/mol. The lowest BCUT2D eigenvalue weighted by molar-refractivity contribution is -0.161. The lowest BCUT2D eigenvalue weighted by atomic mass is 10.00. The molecule has 0 saturated heterocycles. The maximum absolute atomic E-state index is 13.0. The van der Waals surface area contributed by atoms with Crippen LogP contribution in [0.2, 0.25) is 0 Å². The summed E-state index contributed by atoms with van der Waals surface area (Å²) in [5, 5.41) is 10.6. The third-order valence-electron chi connectivity index (χ3n) is 16.0. The van der Waals surface area contributed by atoms with Crippen molar-refractivity contribution in [2.75, 3.05) is 39.6 Å². The second-order valence-electron chi connectivity index (χ2n) is 25.2. The molecule has 0 aliphatic carbocycles. The van der Waals surface area contributed by atoms with Gasteiger partial charge in [-0.05, 0) is 69.1 Å². The van der Waals surface area contributed by atoms with Gasteiger partial charge in [0.25, 0.3) is 0 Å². The Kier molecular flexibility index (Phi) is 57.9. The van der Waals surface area contributed by atoms with Crippen molar-refractivity contribution < 1.29 is 80.2 Å². The summed E-state index contributed by atoms with van der Waals surface area (Å²) >= 11 is 0. The van der Waals surface area contributed by atoms with Crippen LogP contribution >= 0.6 is 15.6 Å². The molecule has 0 amide bonds. The average Bonchev–Trinajstić information content (AvgIpc) is 3.54. The highest BCUT2D eigenvalue weighted by Crippen LogP contribution is 2.45. The minimum atomic E-state index is -4.96. The molecule has 0 spiro atoms. The van der Waals surface area contributed by atoms with Crippen LogP contribution in [0, 0.1) is 17.8 Å². The van der Waals surface area contributed by atoms with E-state index >= 15 is 0 Å². The van der Waals surface area contributed by atoms with Crippen molar-refractivity contribution in [1.82, 2.24) is 0 Å². The summed E-state index contributed by atoms with van der Waals surface area (Å²) in [5.41, 5.74) is 0. The van der Waals surface area contributed by atoms with Gasteiger partial charge in [0.05, 0.1) is 26.4 Å². The summed E-state index contributed by atoms with van der Waals surface area (Å²) in [4.78, 5) is 72.4. The zero-order valence-corrected chi connectivity index (χ0v) is 58.5. The molecule has 0 aliphatic heterocycles. The summed E-state index contributed by atoms with van der Waals surface area (Å²) in [6.07, 6.45) is 45.3. The Balaban J connectivity index is 5.30. The van der Waals surface area contributed by atoms with E-state index in [1.54, 1.807) is 0 Å². The van der Waals surface area contributed by atoms with Crippen molar-refractivity contribution in [2.45, 2.75) is 336 Å². The molecule has 0 heterocycles. The van der Waals surface area contributed by atoms with Gasteiger partial charge in [-0.15, -0.1) is 0 Å². The standard InChI is InChI=1S/C69H130O17P2/c1-8-11-12-13-14-15-16-17-18-19-20-24-27-38-45-52-68(73)85-64(56-79-66(71)50-43-36-31-29-34-41-48-61(6)9-2)58-83-87(75,76)81-54-63(70)55-82-88(77,78)84-59-65(57-80-67(72)51-44-37-32-30-35-42-49-62(7)10-3)86-69(74)53-46-39-28-25-22-21-23-26-33-40-47-60(4)5/h15-18,60-65,70H,8-14,19-59H2,1-7H3,(H,75,76)(H,77,78)/b16-15-,18-17-/t61?,62?,63-,64+,65+/m0/s1. The zero-order chi connectivity index (χ0) is 65.2. The molecule has 17 nitrogen and oxygen atoms in total. The fraction of sp³-hybridized carbons (Fsp3) is 0.884. The Bertz CT molecular complexity index is 1830. The summed E-state index contributed by atoms with van der Waals surface area (Å²) < 4.78 is 68.2. The van der Waals surface area contributed by atoms with Crippen LogP contribution in [0.25, 0.3) is 0 Å². The van der Waals surface area contributed by atoms with Gasteiger partial charge in [0, 0.05) is 25.7 Å². The summed E-state index contributed by atoms with van der Waals surface area (Å²) in [7, 11) is -9.91. The van der Waals surface area contributed by atoms with Gasteiger partial charge >= 0.3 is 39.5 Å². The molecule has 4 unspecified atom stereocenters. The van der Waals surface area contributed by atoms with Crippen molar-refractivity contribution in [3.8, 4) is 0 Å². The molecule has 7 atom stereocenters. The van der Waals surface area contributed by atoms with Gasteiger partial charge in [-0.3, -0.25) is 37.3 Å². The number of allylic oxidation sites excluding steroid dienone is 4. The molecule has 3 N–H and O–H groups in total. The fourth-order valence-electron chi connectivity index (χ4n) is 9.76. The molecule has 0 aromatic heterocycles. The van der Waals surface area contributed by atoms with Gasteiger partial charge < -0.3 is 33.8 Å². The van der Waals surface area contributed by atoms with Crippen molar-refractivity contribution >= 4 is 39.5 Å². The predicted molar refractivity (Wildman–Crippen MR) is 354 cm³/mol. The number of hydrogen-bond donors (Lipinski definition) is 3. The number of esters is 4. The number of rotatable bonds is 65. The van der Waals surface area contributed by atoms with Crippen LogP contribution in [0.3, 0.4) is 0 Å². The van der Waals surface area contributed by atoms with Gasteiger partial charge in [0.15, 0.2) is 12.2 Å². The number of ether oxygens (including phenoxy) is 4. The SMILES string of the molecule is CCCCCC/C=C\C=C/CCCCCCCC(=O)O[C@H](COC(=O)CCCCCCCCC(C)CC)COP(=O)(O)OC[C@H](O)COP(=O)(O)OC[C@@H](COC(=O)CCCCCCCCC(C)CC)OC(=O)CCCCCCCCCCCCC(C)C. The van der Waals surface area contributed by atoms with Crippen molar-refractivity contribution in [1.29, 1.82) is 0 Å². The molecular formula is C69H130O17P2. The maximum Gasteiger partial charge on any atom is 0.472 e. The predicted octanol–water partition coefficient (Wildman–Crippen LogP) is 19.0. The highest BCUT2D eigenvalue weighted by Gasteiger charge is 2.30. The fourth-order valence-corrected chi connectivity index (χ4v) is 11.3. The average molecular weight is 1290 g/mol. The van der Waals surface area contributed by atoms with E-state index in [-0.39, 0.29) is 25.7 Å². The topological polar surface area (TPSA) is 237 Å². The molecule has 0 bridgehead atoms. The first-order chi connectivity index (χ1) is 42.3. The first-order valence-corrected chi connectivity index (χ1v) is 38.2. The Morgan fingerprint density at radius 3 is 1.01 bits per heavy atom. The first kappa shape index (κ1) is 85.5. The third-order valence-corrected chi connectivity index (χ3v) is 17.9. The van der Waals surface area contributed by atoms with E-state index < -0.39 is 97.5 Å².